The van der Waals surface area contributed by atoms with Gasteiger partial charge in [-0.3, -0.25) is 23.4 Å². The van der Waals surface area contributed by atoms with Gasteiger partial charge < -0.3 is 29.9 Å². The van der Waals surface area contributed by atoms with Crippen LogP contribution in [0.25, 0.3) is 0 Å². The number of aliphatic carboxylic acids is 1. The van der Waals surface area contributed by atoms with Crippen LogP contribution < -0.4 is 5.73 Å². The molecule has 1 aliphatic rings. The minimum Gasteiger partial charge on any atom is -0.480 e. The fourth-order valence-electron chi connectivity index (χ4n) is 5.61. The Labute approximate surface area is 330 Å². The van der Waals surface area contributed by atoms with Gasteiger partial charge in [-0.05, 0) is 70.6 Å². The Bertz CT molecular complexity index is 1190. The van der Waals surface area contributed by atoms with E-state index >= 15 is 0 Å². The molecule has 3 unspecified atom stereocenters. The minimum absolute atomic E-state index is 0.134. The first kappa shape index (κ1) is 50.4. The fraction of sp³-hybridized carbons (Fsp3) is 0.738. The topological polar surface area (TPSA) is 184 Å². The molecule has 1 heterocycles. The number of carbonyl (C=O) groups is 3. The van der Waals surface area contributed by atoms with Gasteiger partial charge in [-0.15, -0.1) is 0 Å². The van der Waals surface area contributed by atoms with Gasteiger partial charge in [-0.25, -0.2) is 4.57 Å². The van der Waals surface area contributed by atoms with Crippen LogP contribution in [-0.4, -0.2) is 72.1 Å². The monoisotopic (exact) mass is 797 g/mol. The van der Waals surface area contributed by atoms with Crippen molar-refractivity contribution in [1.82, 2.24) is 0 Å². The molecule has 0 aromatic heterocycles. The van der Waals surface area contributed by atoms with Crippen molar-refractivity contribution in [3.05, 3.63) is 48.6 Å². The molecule has 0 spiro atoms. The van der Waals surface area contributed by atoms with E-state index in [0.29, 0.717) is 25.0 Å². The first-order valence-corrected chi connectivity index (χ1v) is 22.3. The summed E-state index contributed by atoms with van der Waals surface area (Å²) in [6, 6.07) is -1.53. The molecular weight excluding hydrogens is 725 g/mol. The van der Waals surface area contributed by atoms with Crippen LogP contribution in [0.2, 0.25) is 0 Å². The van der Waals surface area contributed by atoms with Gasteiger partial charge in [0.2, 0.25) is 0 Å². The Kier molecular flexibility index (Phi) is 30.7. The summed E-state index contributed by atoms with van der Waals surface area (Å²) in [5, 5.41) is 8.88. The molecule has 5 atom stereocenters. The number of carbonyl (C=O) groups excluding carboxylic acids is 2. The van der Waals surface area contributed by atoms with Crippen LogP contribution in [0.3, 0.4) is 0 Å². The maximum absolute atomic E-state index is 12.6. The second-order valence-electron chi connectivity index (χ2n) is 14.1. The zero-order valence-corrected chi connectivity index (χ0v) is 34.6. The molecule has 0 bridgehead atoms. The predicted octanol–water partition coefficient (Wildman–Crippen LogP) is 9.60. The van der Waals surface area contributed by atoms with Crippen LogP contribution >= 0.6 is 7.82 Å². The van der Waals surface area contributed by atoms with Gasteiger partial charge >= 0.3 is 25.7 Å². The zero-order chi connectivity index (χ0) is 40.4. The van der Waals surface area contributed by atoms with Crippen molar-refractivity contribution < 1.29 is 52.2 Å². The third kappa shape index (κ3) is 31.2. The highest BCUT2D eigenvalue weighted by atomic mass is 31.2. The Balaban J connectivity index is 2.32. The highest BCUT2D eigenvalue weighted by Crippen LogP contribution is 2.43. The van der Waals surface area contributed by atoms with Gasteiger partial charge in [0.1, 0.15) is 12.6 Å². The maximum atomic E-state index is 12.6. The van der Waals surface area contributed by atoms with Crippen LogP contribution in [0.5, 0.6) is 0 Å². The van der Waals surface area contributed by atoms with Crippen LogP contribution in [0.1, 0.15) is 155 Å². The molecule has 0 radical (unpaired) electrons. The molecule has 55 heavy (non-hydrogen) atoms. The van der Waals surface area contributed by atoms with Crippen LogP contribution in [0.15, 0.2) is 48.6 Å². The first-order valence-electron chi connectivity index (χ1n) is 20.8. The summed E-state index contributed by atoms with van der Waals surface area (Å²) in [4.78, 5) is 45.9. The van der Waals surface area contributed by atoms with Crippen molar-refractivity contribution in [1.29, 1.82) is 0 Å². The summed E-state index contributed by atoms with van der Waals surface area (Å²) in [5.74, 6) is -2.43. The normalized spacial score (nSPS) is 18.0. The molecule has 1 rings (SSSR count). The van der Waals surface area contributed by atoms with Gasteiger partial charge in [0.05, 0.1) is 25.4 Å². The van der Waals surface area contributed by atoms with Gasteiger partial charge in [0.15, 0.2) is 6.10 Å². The Morgan fingerprint density at radius 1 is 0.691 bits per heavy atom. The van der Waals surface area contributed by atoms with E-state index in [2.05, 4.69) is 67.0 Å². The number of hydrogen-bond donors (Lipinski definition) is 3. The molecule has 13 heteroatoms. The third-order valence-electron chi connectivity index (χ3n) is 8.98. The second-order valence-corrected chi connectivity index (χ2v) is 15.6. The zero-order valence-electron chi connectivity index (χ0n) is 33.7. The lowest BCUT2D eigenvalue weighted by Crippen LogP contribution is -2.34. The number of unbranched alkanes of at least 4 members (excludes halogenated alkanes) is 12. The van der Waals surface area contributed by atoms with E-state index in [0.717, 1.165) is 96.3 Å². The predicted molar refractivity (Wildman–Crippen MR) is 216 cm³/mol. The highest BCUT2D eigenvalue weighted by Gasteiger charge is 2.36. The molecule has 0 aromatic rings. The lowest BCUT2D eigenvalue weighted by molar-refractivity contribution is -0.161. The van der Waals surface area contributed by atoms with E-state index in [4.69, 9.17) is 29.6 Å². The second kappa shape index (κ2) is 33.5. The molecule has 0 amide bonds. The highest BCUT2D eigenvalue weighted by molar-refractivity contribution is 7.47. The first-order chi connectivity index (χ1) is 26.6. The van der Waals surface area contributed by atoms with Crippen LogP contribution in [-0.2, 0) is 42.2 Å². The van der Waals surface area contributed by atoms with Crippen LogP contribution in [0, 0.1) is 0 Å². The molecule has 0 saturated carbocycles. The minimum atomic E-state index is -4.73. The van der Waals surface area contributed by atoms with Crippen molar-refractivity contribution in [3.8, 4) is 0 Å². The fourth-order valence-corrected chi connectivity index (χ4v) is 6.39. The average Bonchev–Trinajstić information content (AvgIpc) is 3.91. The summed E-state index contributed by atoms with van der Waals surface area (Å²) in [5.41, 5.74) is 5.33. The summed E-state index contributed by atoms with van der Waals surface area (Å²) < 4.78 is 38.4. The number of esters is 2. The molecule has 12 nitrogen and oxygen atoms in total. The summed E-state index contributed by atoms with van der Waals surface area (Å²) in [7, 11) is -4.73. The van der Waals surface area contributed by atoms with Crippen molar-refractivity contribution in [2.75, 3.05) is 19.8 Å². The van der Waals surface area contributed by atoms with E-state index in [-0.39, 0.29) is 19.4 Å². The molecule has 1 fully saturated rings. The van der Waals surface area contributed by atoms with E-state index in [1.807, 2.05) is 0 Å². The number of phosphoric acid groups is 1. The van der Waals surface area contributed by atoms with Crippen molar-refractivity contribution in [2.45, 2.75) is 179 Å². The van der Waals surface area contributed by atoms with E-state index in [9.17, 15) is 23.8 Å². The number of carboxylic acids is 1. The lowest BCUT2D eigenvalue weighted by Gasteiger charge is -2.20. The number of allylic oxidation sites excluding steroid dienone is 7. The van der Waals surface area contributed by atoms with E-state index in [1.165, 1.54) is 19.3 Å². The van der Waals surface area contributed by atoms with Gasteiger partial charge in [-0.2, -0.15) is 0 Å². The van der Waals surface area contributed by atoms with Gasteiger partial charge in [0, 0.05) is 12.8 Å². The lowest BCUT2D eigenvalue weighted by atomic mass is 10.1. The van der Waals surface area contributed by atoms with Gasteiger partial charge in [0.25, 0.3) is 0 Å². The number of nitrogens with two attached hydrogens (primary N) is 1. The summed E-state index contributed by atoms with van der Waals surface area (Å²) >= 11 is 0. The molecule has 1 aliphatic heterocycles. The maximum Gasteiger partial charge on any atom is 0.472 e. The Morgan fingerprint density at radius 3 is 1.93 bits per heavy atom. The van der Waals surface area contributed by atoms with Crippen molar-refractivity contribution >= 4 is 25.7 Å². The van der Waals surface area contributed by atoms with Crippen molar-refractivity contribution in [2.24, 2.45) is 5.73 Å². The number of ether oxygens (including phenoxy) is 3. The van der Waals surface area contributed by atoms with Crippen molar-refractivity contribution in [3.63, 3.8) is 0 Å². The van der Waals surface area contributed by atoms with Crippen LogP contribution in [0.4, 0.5) is 0 Å². The summed E-state index contributed by atoms with van der Waals surface area (Å²) in [6.45, 7) is 2.60. The molecular formula is C42H72NO11P. The Morgan fingerprint density at radius 2 is 1.25 bits per heavy atom. The standard InChI is InChI=1S/C42H72NO11P/c1-3-5-7-9-11-12-13-14-15-16-17-18-19-23-28-32-41(45)53-36(34-51-55(48,49)52-35-37(43)42(46)47)33-50-40(44)31-27-24-20-22-26-30-39-38(54-39)29-25-21-10-8-6-4-2/h5,7,11-12,14-15,21,25,36-39H,3-4,6,8-10,13,16-20,22-24,26-35,43H2,1-2H3,(H,46,47)(H,48,49)/b7-5-,12-11-,15-14-,25-21-/t36-,37+,38?,39?/m1/s1. The summed E-state index contributed by atoms with van der Waals surface area (Å²) in [6.07, 6.45) is 37.7. The molecule has 1 saturated heterocycles. The van der Waals surface area contributed by atoms with Gasteiger partial charge in [-0.1, -0.05) is 120 Å². The molecule has 0 aliphatic carbocycles. The number of phosphoric ester groups is 1. The van der Waals surface area contributed by atoms with E-state index < -0.39 is 51.1 Å². The molecule has 0 aromatic carbocycles. The average molecular weight is 798 g/mol. The number of carboxylic acid groups (broad SMARTS) is 1. The number of epoxide rings is 1. The SMILES string of the molecule is CC/C=C\C/C=C\C/C=C\CCCCCCCC(=O)O[C@H](COC(=O)CCCCCCCC1OC1C/C=C\CCCCC)COP(=O)(O)OC[C@H](N)C(=O)O. The number of rotatable bonds is 37. The smallest absolute Gasteiger partial charge is 0.472 e. The number of hydrogen-bond acceptors (Lipinski definition) is 10. The third-order valence-corrected chi connectivity index (χ3v) is 9.94. The largest absolute Gasteiger partial charge is 0.480 e. The van der Waals surface area contributed by atoms with E-state index in [1.54, 1.807) is 0 Å². The quantitative estimate of drug-likeness (QED) is 0.0178. The Hall–Kier alpha value is -2.60. The molecule has 316 valence electrons. The molecule has 4 N–H and O–H groups in total.